The first-order chi connectivity index (χ1) is 8.22. The van der Waals surface area contributed by atoms with Gasteiger partial charge in [0.25, 0.3) is 0 Å². The van der Waals surface area contributed by atoms with Crippen LogP contribution in [-0.4, -0.2) is 29.2 Å². The van der Waals surface area contributed by atoms with E-state index in [9.17, 15) is 0 Å². The van der Waals surface area contributed by atoms with Gasteiger partial charge >= 0.3 is 0 Å². The van der Waals surface area contributed by atoms with Crippen LogP contribution in [-0.2, 0) is 0 Å². The van der Waals surface area contributed by atoms with Crippen molar-refractivity contribution in [3.05, 3.63) is 34.9 Å². The van der Waals surface area contributed by atoms with Crippen molar-refractivity contribution in [2.45, 2.75) is 38.3 Å². The van der Waals surface area contributed by atoms with E-state index in [2.05, 4.69) is 24.0 Å². The largest absolute Gasteiger partial charge is 0.396 e. The van der Waals surface area contributed by atoms with Gasteiger partial charge in [-0.3, -0.25) is 4.90 Å². The first kappa shape index (κ1) is 12.9. The summed E-state index contributed by atoms with van der Waals surface area (Å²) < 4.78 is 0. The van der Waals surface area contributed by atoms with Crippen molar-refractivity contribution in [2.24, 2.45) is 0 Å². The maximum absolute atomic E-state index is 8.96. The van der Waals surface area contributed by atoms with Crippen LogP contribution in [0.2, 0.25) is 5.02 Å². The zero-order valence-electron chi connectivity index (χ0n) is 10.3. The number of nitrogens with zero attached hydrogens (tertiary/aromatic N) is 1. The molecule has 1 aromatic rings. The lowest BCUT2D eigenvalue weighted by Crippen LogP contribution is -2.30. The lowest BCUT2D eigenvalue weighted by molar-refractivity contribution is 0.175. The SMILES string of the molecule is CC(c1ccc(Cl)cc1)N(CCCO)C1CC1. The maximum Gasteiger partial charge on any atom is 0.0443 e. The zero-order valence-corrected chi connectivity index (χ0v) is 11.0. The normalized spacial score (nSPS) is 17.4. The highest BCUT2D eigenvalue weighted by Crippen LogP contribution is 2.34. The molecule has 1 atom stereocenters. The highest BCUT2D eigenvalue weighted by Gasteiger charge is 2.32. The first-order valence-electron chi connectivity index (χ1n) is 6.34. The Kier molecular flexibility index (Phi) is 4.43. The van der Waals surface area contributed by atoms with Crippen LogP contribution < -0.4 is 0 Å². The molecule has 17 heavy (non-hydrogen) atoms. The summed E-state index contributed by atoms with van der Waals surface area (Å²) in [5.41, 5.74) is 1.30. The molecule has 1 aromatic carbocycles. The van der Waals surface area contributed by atoms with E-state index in [4.69, 9.17) is 16.7 Å². The van der Waals surface area contributed by atoms with Crippen LogP contribution in [0.15, 0.2) is 24.3 Å². The molecule has 1 fully saturated rings. The van der Waals surface area contributed by atoms with E-state index in [1.807, 2.05) is 12.1 Å². The smallest absolute Gasteiger partial charge is 0.0443 e. The Labute approximate surface area is 108 Å². The van der Waals surface area contributed by atoms with Crippen LogP contribution in [0.1, 0.15) is 37.8 Å². The highest BCUT2D eigenvalue weighted by atomic mass is 35.5. The van der Waals surface area contributed by atoms with Crippen molar-refractivity contribution in [1.82, 2.24) is 4.90 Å². The zero-order chi connectivity index (χ0) is 12.3. The third-order valence-corrected chi connectivity index (χ3v) is 3.69. The van der Waals surface area contributed by atoms with E-state index in [0.717, 1.165) is 18.0 Å². The summed E-state index contributed by atoms with van der Waals surface area (Å²) in [6, 6.07) is 9.22. The number of halogens is 1. The molecule has 3 heteroatoms. The van der Waals surface area contributed by atoms with E-state index in [0.29, 0.717) is 12.1 Å². The molecule has 1 aliphatic rings. The van der Waals surface area contributed by atoms with E-state index >= 15 is 0 Å². The molecular weight excluding hydrogens is 234 g/mol. The molecule has 0 aliphatic heterocycles. The van der Waals surface area contributed by atoms with Gasteiger partial charge in [-0.05, 0) is 43.9 Å². The molecule has 0 heterocycles. The van der Waals surface area contributed by atoms with Crippen molar-refractivity contribution in [2.75, 3.05) is 13.2 Å². The van der Waals surface area contributed by atoms with E-state index in [-0.39, 0.29) is 6.61 Å². The van der Waals surface area contributed by atoms with Crippen molar-refractivity contribution in [3.8, 4) is 0 Å². The molecule has 1 saturated carbocycles. The van der Waals surface area contributed by atoms with Crippen LogP contribution in [0, 0.1) is 0 Å². The van der Waals surface area contributed by atoms with Gasteiger partial charge in [-0.25, -0.2) is 0 Å². The van der Waals surface area contributed by atoms with Gasteiger partial charge in [0.1, 0.15) is 0 Å². The van der Waals surface area contributed by atoms with Gasteiger partial charge in [0.2, 0.25) is 0 Å². The lowest BCUT2D eigenvalue weighted by Gasteiger charge is -2.29. The number of hydrogen-bond acceptors (Lipinski definition) is 2. The molecule has 94 valence electrons. The third kappa shape index (κ3) is 3.44. The Morgan fingerprint density at radius 1 is 1.35 bits per heavy atom. The Morgan fingerprint density at radius 3 is 2.53 bits per heavy atom. The van der Waals surface area contributed by atoms with Crippen molar-refractivity contribution < 1.29 is 5.11 Å². The summed E-state index contributed by atoms with van der Waals surface area (Å²) in [6.07, 6.45) is 3.45. The predicted molar refractivity (Wildman–Crippen MR) is 71.3 cm³/mol. The number of rotatable bonds is 6. The molecule has 0 radical (unpaired) electrons. The number of aliphatic hydroxyl groups is 1. The fraction of sp³-hybridized carbons (Fsp3) is 0.571. The Morgan fingerprint density at radius 2 is 2.00 bits per heavy atom. The molecule has 1 unspecified atom stereocenters. The molecular formula is C14H20ClNO. The Balaban J connectivity index is 2.04. The second-order valence-electron chi connectivity index (χ2n) is 4.77. The Bertz CT molecular complexity index is 348. The van der Waals surface area contributed by atoms with Gasteiger partial charge in [0.15, 0.2) is 0 Å². The molecule has 1 aliphatic carbocycles. The average Bonchev–Trinajstić information content (AvgIpc) is 3.14. The number of aliphatic hydroxyl groups excluding tert-OH is 1. The second-order valence-corrected chi connectivity index (χ2v) is 5.21. The molecule has 0 saturated heterocycles. The van der Waals surface area contributed by atoms with Gasteiger partial charge in [0.05, 0.1) is 0 Å². The molecule has 0 aromatic heterocycles. The quantitative estimate of drug-likeness (QED) is 0.841. The predicted octanol–water partition coefficient (Wildman–Crippen LogP) is 3.25. The van der Waals surface area contributed by atoms with Gasteiger partial charge in [0, 0.05) is 30.3 Å². The minimum absolute atomic E-state index is 0.274. The van der Waals surface area contributed by atoms with E-state index < -0.39 is 0 Å². The minimum Gasteiger partial charge on any atom is -0.396 e. The van der Waals surface area contributed by atoms with Gasteiger partial charge in [-0.1, -0.05) is 23.7 Å². The fourth-order valence-electron chi connectivity index (χ4n) is 2.28. The van der Waals surface area contributed by atoms with Crippen LogP contribution >= 0.6 is 11.6 Å². The monoisotopic (exact) mass is 253 g/mol. The Hall–Kier alpha value is -0.570. The fourth-order valence-corrected chi connectivity index (χ4v) is 2.41. The molecule has 1 N–H and O–H groups in total. The van der Waals surface area contributed by atoms with Gasteiger partial charge in [-0.2, -0.15) is 0 Å². The van der Waals surface area contributed by atoms with Crippen LogP contribution in [0.5, 0.6) is 0 Å². The van der Waals surface area contributed by atoms with Crippen molar-refractivity contribution in [1.29, 1.82) is 0 Å². The maximum atomic E-state index is 8.96. The van der Waals surface area contributed by atoms with E-state index in [1.54, 1.807) is 0 Å². The summed E-state index contributed by atoms with van der Waals surface area (Å²) in [5.74, 6) is 0. The summed E-state index contributed by atoms with van der Waals surface area (Å²) >= 11 is 5.91. The highest BCUT2D eigenvalue weighted by molar-refractivity contribution is 6.30. The van der Waals surface area contributed by atoms with Gasteiger partial charge in [-0.15, -0.1) is 0 Å². The minimum atomic E-state index is 0.274. The summed E-state index contributed by atoms with van der Waals surface area (Å²) in [6.45, 7) is 3.49. The first-order valence-corrected chi connectivity index (χ1v) is 6.72. The molecule has 2 nitrogen and oxygen atoms in total. The second kappa shape index (κ2) is 5.85. The standard InChI is InChI=1S/C14H20ClNO/c1-11(12-3-5-13(15)6-4-12)16(9-2-10-17)14-7-8-14/h3-6,11,14,17H,2,7-10H2,1H3. The van der Waals surface area contributed by atoms with Crippen LogP contribution in [0.4, 0.5) is 0 Å². The summed E-state index contributed by atoms with van der Waals surface area (Å²) in [5, 5.41) is 9.75. The third-order valence-electron chi connectivity index (χ3n) is 3.44. The number of hydrogen-bond donors (Lipinski definition) is 1. The summed E-state index contributed by atoms with van der Waals surface area (Å²) in [7, 11) is 0. The van der Waals surface area contributed by atoms with Crippen LogP contribution in [0.3, 0.4) is 0 Å². The summed E-state index contributed by atoms with van der Waals surface area (Å²) in [4.78, 5) is 2.50. The van der Waals surface area contributed by atoms with Gasteiger partial charge < -0.3 is 5.11 Å². The topological polar surface area (TPSA) is 23.5 Å². The lowest BCUT2D eigenvalue weighted by atomic mass is 10.1. The van der Waals surface area contributed by atoms with Crippen molar-refractivity contribution >= 4 is 11.6 Å². The molecule has 0 spiro atoms. The van der Waals surface area contributed by atoms with Crippen LogP contribution in [0.25, 0.3) is 0 Å². The average molecular weight is 254 g/mol. The molecule has 0 amide bonds. The molecule has 0 bridgehead atoms. The number of benzene rings is 1. The van der Waals surface area contributed by atoms with Crippen molar-refractivity contribution in [3.63, 3.8) is 0 Å². The van der Waals surface area contributed by atoms with E-state index in [1.165, 1.54) is 18.4 Å². The molecule has 2 rings (SSSR count).